The molecule has 0 atom stereocenters. The van der Waals surface area contributed by atoms with Crippen molar-refractivity contribution in [2.45, 2.75) is 0 Å². The van der Waals surface area contributed by atoms with Gasteiger partial charge in [-0.25, -0.2) is 9.59 Å². The van der Waals surface area contributed by atoms with Crippen LogP contribution >= 0.6 is 0 Å². The van der Waals surface area contributed by atoms with Crippen LogP contribution in [0.15, 0.2) is 0 Å². The van der Waals surface area contributed by atoms with Crippen LogP contribution in [0.4, 0.5) is 9.59 Å². The summed E-state index contributed by atoms with van der Waals surface area (Å²) in [6, 6.07) is -1.23. The van der Waals surface area contributed by atoms with E-state index >= 15 is 0 Å². The number of primary amides is 2. The van der Waals surface area contributed by atoms with E-state index in [1.807, 2.05) is 5.32 Å². The van der Waals surface area contributed by atoms with E-state index in [-0.39, 0.29) is 12.5 Å². The minimum absolute atomic E-state index is 0.124. The van der Waals surface area contributed by atoms with Crippen LogP contribution in [0.2, 0.25) is 0 Å². The van der Waals surface area contributed by atoms with E-state index in [0.29, 0.717) is 0 Å². The molecular formula is C4H8N4O3. The number of carbonyl (C=O) groups excluding carboxylic acids is 3. The van der Waals surface area contributed by atoms with Gasteiger partial charge in [-0.1, -0.05) is 0 Å². The van der Waals surface area contributed by atoms with Crippen molar-refractivity contribution in [1.82, 2.24) is 10.6 Å². The normalized spacial score (nSPS) is 14.2. The fourth-order valence-electron chi connectivity index (χ4n) is 0.376. The molecule has 1 rings (SSSR count). The maximum Gasteiger partial charge on any atom is 0.321 e. The van der Waals surface area contributed by atoms with E-state index in [1.165, 1.54) is 0 Å². The minimum Gasteiger partial charge on any atom is -0.352 e. The Morgan fingerprint density at radius 2 is 1.82 bits per heavy atom. The molecule has 7 nitrogen and oxygen atoms in total. The van der Waals surface area contributed by atoms with Gasteiger partial charge in [0.1, 0.15) is 0 Å². The highest BCUT2D eigenvalue weighted by atomic mass is 16.2. The number of rotatable bonds is 0. The van der Waals surface area contributed by atoms with Gasteiger partial charge in [-0.15, -0.1) is 0 Å². The maximum atomic E-state index is 10.1. The summed E-state index contributed by atoms with van der Waals surface area (Å²) in [6.45, 7) is 0.124. The summed E-state index contributed by atoms with van der Waals surface area (Å²) in [5, 5.41) is 4.30. The van der Waals surface area contributed by atoms with Crippen molar-refractivity contribution in [3.63, 3.8) is 0 Å². The van der Waals surface area contributed by atoms with Crippen LogP contribution in [0, 0.1) is 0 Å². The number of hydrogen-bond acceptors (Lipinski definition) is 3. The first-order valence-electron chi connectivity index (χ1n) is 2.65. The molecular weight excluding hydrogens is 152 g/mol. The molecule has 0 aromatic rings. The molecule has 62 valence electrons. The summed E-state index contributed by atoms with van der Waals surface area (Å²) < 4.78 is 0. The topological polar surface area (TPSA) is 127 Å². The Balaban J connectivity index is 0.000000218. The molecule has 1 fully saturated rings. The Morgan fingerprint density at radius 1 is 1.36 bits per heavy atom. The lowest BCUT2D eigenvalue weighted by atomic mass is 10.7. The number of urea groups is 2. The molecule has 0 spiro atoms. The third-order valence-corrected chi connectivity index (χ3v) is 0.662. The highest BCUT2D eigenvalue weighted by Crippen LogP contribution is 1.73. The van der Waals surface area contributed by atoms with Crippen LogP contribution in [0.5, 0.6) is 0 Å². The Bertz CT molecular complexity index is 172. The average Bonchev–Trinajstić information content (AvgIpc) is 2.13. The van der Waals surface area contributed by atoms with Crippen LogP contribution in [0.3, 0.4) is 0 Å². The Hall–Kier alpha value is -1.79. The largest absolute Gasteiger partial charge is 0.352 e. The summed E-state index contributed by atoms with van der Waals surface area (Å²) in [5.74, 6) is -0.259. The SMILES string of the molecule is NC(N)=O.O=C1CNC(=O)N1. The lowest BCUT2D eigenvalue weighted by molar-refractivity contribution is -0.117. The van der Waals surface area contributed by atoms with E-state index in [4.69, 9.17) is 4.79 Å². The van der Waals surface area contributed by atoms with E-state index in [9.17, 15) is 9.59 Å². The van der Waals surface area contributed by atoms with Gasteiger partial charge in [0, 0.05) is 0 Å². The molecule has 5 amide bonds. The summed E-state index contributed by atoms with van der Waals surface area (Å²) in [7, 11) is 0. The van der Waals surface area contributed by atoms with E-state index < -0.39 is 12.1 Å². The number of hydrogen-bond donors (Lipinski definition) is 4. The van der Waals surface area contributed by atoms with Gasteiger partial charge in [-0.05, 0) is 0 Å². The highest BCUT2D eigenvalue weighted by molar-refractivity contribution is 6.01. The molecule has 1 heterocycles. The Morgan fingerprint density at radius 3 is 1.91 bits per heavy atom. The van der Waals surface area contributed by atoms with E-state index in [1.54, 1.807) is 0 Å². The van der Waals surface area contributed by atoms with Gasteiger partial charge in [0.2, 0.25) is 5.91 Å². The van der Waals surface area contributed by atoms with Gasteiger partial charge in [0.25, 0.3) is 0 Å². The zero-order chi connectivity index (χ0) is 8.85. The summed E-state index contributed by atoms with van der Waals surface area (Å²) in [4.78, 5) is 29.1. The van der Waals surface area contributed by atoms with Crippen LogP contribution in [0.25, 0.3) is 0 Å². The third-order valence-electron chi connectivity index (χ3n) is 0.662. The fraction of sp³-hybridized carbons (Fsp3) is 0.250. The molecule has 6 N–H and O–H groups in total. The molecule has 1 aliphatic rings. The quantitative estimate of drug-likeness (QED) is 0.301. The molecule has 0 aromatic carbocycles. The molecule has 0 aromatic heterocycles. The zero-order valence-electron chi connectivity index (χ0n) is 5.59. The Labute approximate surface area is 62.1 Å². The molecule has 0 bridgehead atoms. The second-order valence-electron chi connectivity index (χ2n) is 1.63. The minimum atomic E-state index is -0.833. The van der Waals surface area contributed by atoms with Crippen molar-refractivity contribution in [1.29, 1.82) is 0 Å². The average molecular weight is 160 g/mol. The number of nitrogens with one attached hydrogen (secondary N) is 2. The number of nitrogens with two attached hydrogens (primary N) is 2. The predicted octanol–water partition coefficient (Wildman–Crippen LogP) is -2.15. The molecule has 0 radical (unpaired) electrons. The zero-order valence-corrected chi connectivity index (χ0v) is 5.59. The third kappa shape index (κ3) is 6.09. The van der Waals surface area contributed by atoms with E-state index in [2.05, 4.69) is 16.8 Å². The molecule has 1 saturated heterocycles. The summed E-state index contributed by atoms with van der Waals surface area (Å²) in [6.07, 6.45) is 0. The standard InChI is InChI=1S/C3H4N2O2.CH4N2O/c6-2-1-4-3(7)5-2;2-1(3)4/h1H2,(H2,4,5,6,7);(H4,2,3,4). The lowest BCUT2D eigenvalue weighted by Crippen LogP contribution is -2.22. The monoisotopic (exact) mass is 160 g/mol. The summed E-state index contributed by atoms with van der Waals surface area (Å²) >= 11 is 0. The van der Waals surface area contributed by atoms with E-state index in [0.717, 1.165) is 0 Å². The smallest absolute Gasteiger partial charge is 0.321 e. The molecule has 7 heteroatoms. The lowest BCUT2D eigenvalue weighted by Gasteiger charge is -1.78. The van der Waals surface area contributed by atoms with Crippen molar-refractivity contribution < 1.29 is 14.4 Å². The number of imide groups is 1. The van der Waals surface area contributed by atoms with Gasteiger partial charge in [-0.2, -0.15) is 0 Å². The molecule has 0 saturated carbocycles. The van der Waals surface area contributed by atoms with Crippen LogP contribution < -0.4 is 22.1 Å². The van der Waals surface area contributed by atoms with Crippen molar-refractivity contribution in [2.24, 2.45) is 11.5 Å². The van der Waals surface area contributed by atoms with Crippen LogP contribution in [-0.4, -0.2) is 24.5 Å². The summed E-state index contributed by atoms with van der Waals surface area (Å²) in [5.41, 5.74) is 8.50. The second-order valence-corrected chi connectivity index (χ2v) is 1.63. The van der Waals surface area contributed by atoms with Crippen molar-refractivity contribution in [3.8, 4) is 0 Å². The molecule has 11 heavy (non-hydrogen) atoms. The molecule has 1 aliphatic heterocycles. The highest BCUT2D eigenvalue weighted by Gasteiger charge is 2.14. The van der Waals surface area contributed by atoms with Gasteiger partial charge in [0.05, 0.1) is 6.54 Å². The van der Waals surface area contributed by atoms with Crippen molar-refractivity contribution in [3.05, 3.63) is 0 Å². The first-order valence-corrected chi connectivity index (χ1v) is 2.65. The van der Waals surface area contributed by atoms with Crippen molar-refractivity contribution in [2.75, 3.05) is 6.54 Å². The number of amides is 5. The van der Waals surface area contributed by atoms with Gasteiger partial charge >= 0.3 is 12.1 Å². The molecule has 0 aliphatic carbocycles. The first kappa shape index (κ1) is 9.21. The van der Waals surface area contributed by atoms with Crippen molar-refractivity contribution >= 4 is 18.0 Å². The van der Waals surface area contributed by atoms with Crippen LogP contribution in [0.1, 0.15) is 0 Å². The second kappa shape index (κ2) is 4.09. The first-order chi connectivity index (χ1) is 5.02. The van der Waals surface area contributed by atoms with Gasteiger partial charge < -0.3 is 16.8 Å². The Kier molecular flexibility index (Phi) is 3.43. The maximum absolute atomic E-state index is 10.1. The number of carbonyl (C=O) groups is 3. The van der Waals surface area contributed by atoms with Gasteiger partial charge in [-0.3, -0.25) is 10.1 Å². The van der Waals surface area contributed by atoms with Crippen LogP contribution in [-0.2, 0) is 4.79 Å². The fourth-order valence-corrected chi connectivity index (χ4v) is 0.376. The predicted molar refractivity (Wildman–Crippen MR) is 35.3 cm³/mol. The molecule has 0 unspecified atom stereocenters. The van der Waals surface area contributed by atoms with Gasteiger partial charge in [0.15, 0.2) is 0 Å².